The third-order valence-electron chi connectivity index (χ3n) is 1.67. The summed E-state index contributed by atoms with van der Waals surface area (Å²) >= 11 is 1.45. The van der Waals surface area contributed by atoms with Gasteiger partial charge in [0.1, 0.15) is 12.9 Å². The van der Waals surface area contributed by atoms with Gasteiger partial charge in [-0.1, -0.05) is 0 Å². The molecule has 1 aromatic heterocycles. The van der Waals surface area contributed by atoms with E-state index in [1.807, 2.05) is 6.26 Å². The Balaban J connectivity index is 2.78. The van der Waals surface area contributed by atoms with Gasteiger partial charge in [-0.05, 0) is 6.26 Å². The summed E-state index contributed by atoms with van der Waals surface area (Å²) in [4.78, 5) is 17.5. The Morgan fingerprint density at radius 1 is 1.79 bits per heavy atom. The number of carbonyl (C=O) groups is 1. The summed E-state index contributed by atoms with van der Waals surface area (Å²) in [5.41, 5.74) is 0.571. The van der Waals surface area contributed by atoms with Crippen LogP contribution < -0.4 is 0 Å². The summed E-state index contributed by atoms with van der Waals surface area (Å²) in [6.45, 7) is 0.579. The highest BCUT2D eigenvalue weighted by Crippen LogP contribution is 2.30. The molecular formula is C8H10N2O3S. The molecule has 0 saturated heterocycles. The number of thioether (sulfide) groups is 1. The van der Waals surface area contributed by atoms with E-state index in [-0.39, 0.29) is 17.7 Å². The van der Waals surface area contributed by atoms with Crippen molar-refractivity contribution in [2.75, 3.05) is 12.9 Å². The Morgan fingerprint density at radius 2 is 2.57 bits per heavy atom. The number of aromatic hydroxyl groups is 1. The molecule has 0 saturated carbocycles. The number of nitrogens with zero attached hydrogens (tertiary/aromatic N) is 2. The second-order valence-electron chi connectivity index (χ2n) is 2.46. The molecule has 0 aliphatic carbocycles. The summed E-state index contributed by atoms with van der Waals surface area (Å²) in [6.07, 6.45) is 4.62. The van der Waals surface area contributed by atoms with E-state index in [1.165, 1.54) is 24.3 Å². The second kappa shape index (κ2) is 5.43. The maximum absolute atomic E-state index is 10.0. The molecule has 0 spiro atoms. The van der Waals surface area contributed by atoms with Crippen molar-refractivity contribution in [3.8, 4) is 5.88 Å². The minimum absolute atomic E-state index is 0.0751. The van der Waals surface area contributed by atoms with Crippen LogP contribution in [0.2, 0.25) is 0 Å². The lowest BCUT2D eigenvalue weighted by Crippen LogP contribution is -2.04. The zero-order valence-electron chi connectivity index (χ0n) is 7.58. The highest BCUT2D eigenvalue weighted by atomic mass is 32.2. The van der Waals surface area contributed by atoms with E-state index in [0.717, 1.165) is 0 Å². The van der Waals surface area contributed by atoms with Crippen molar-refractivity contribution in [2.45, 2.75) is 5.25 Å². The molecule has 1 heterocycles. The molecule has 0 aliphatic heterocycles. The Kier molecular flexibility index (Phi) is 4.18. The van der Waals surface area contributed by atoms with Gasteiger partial charge in [0.25, 0.3) is 6.47 Å². The molecule has 1 N–H and O–H groups in total. The zero-order valence-corrected chi connectivity index (χ0v) is 8.40. The number of rotatable bonds is 5. The van der Waals surface area contributed by atoms with E-state index in [2.05, 4.69) is 14.7 Å². The van der Waals surface area contributed by atoms with E-state index in [9.17, 15) is 9.90 Å². The van der Waals surface area contributed by atoms with Crippen LogP contribution in [0.4, 0.5) is 0 Å². The first kappa shape index (κ1) is 10.8. The van der Waals surface area contributed by atoms with E-state index in [0.29, 0.717) is 12.0 Å². The molecular weight excluding hydrogens is 204 g/mol. The van der Waals surface area contributed by atoms with Gasteiger partial charge in [0, 0.05) is 11.8 Å². The minimum atomic E-state index is -0.138. The monoisotopic (exact) mass is 214 g/mol. The van der Waals surface area contributed by atoms with Crippen molar-refractivity contribution in [3.63, 3.8) is 0 Å². The van der Waals surface area contributed by atoms with E-state index in [4.69, 9.17) is 0 Å². The van der Waals surface area contributed by atoms with Gasteiger partial charge in [-0.25, -0.2) is 9.97 Å². The average molecular weight is 214 g/mol. The number of aromatic nitrogens is 2. The molecule has 1 atom stereocenters. The van der Waals surface area contributed by atoms with Crippen LogP contribution in [0.5, 0.6) is 5.88 Å². The van der Waals surface area contributed by atoms with Gasteiger partial charge >= 0.3 is 0 Å². The molecule has 14 heavy (non-hydrogen) atoms. The normalized spacial score (nSPS) is 12.1. The Bertz CT molecular complexity index is 308. The predicted molar refractivity (Wildman–Crippen MR) is 52.0 cm³/mol. The van der Waals surface area contributed by atoms with Gasteiger partial charge in [-0.3, -0.25) is 4.79 Å². The Morgan fingerprint density at radius 3 is 3.14 bits per heavy atom. The zero-order chi connectivity index (χ0) is 10.4. The maximum atomic E-state index is 10.0. The molecule has 1 unspecified atom stereocenters. The molecule has 6 heteroatoms. The summed E-state index contributed by atoms with van der Waals surface area (Å²) in [5.74, 6) is -0.0751. The van der Waals surface area contributed by atoms with Gasteiger partial charge in [0.05, 0.1) is 5.25 Å². The SMILES string of the molecule is CSC(COC=O)c1cncnc1O. The number of carbonyl (C=O) groups excluding carboxylic acids is 1. The standard InChI is InChI=1S/C8H10N2O3S/c1-14-7(3-13-5-11)6-2-9-4-10-8(6)12/h2,4-5,7H,3H2,1H3,(H,9,10,12). The highest BCUT2D eigenvalue weighted by Gasteiger charge is 2.15. The molecule has 1 aromatic rings. The molecule has 76 valence electrons. The van der Waals surface area contributed by atoms with Crippen molar-refractivity contribution in [2.24, 2.45) is 0 Å². The molecule has 0 bridgehead atoms. The summed E-state index contributed by atoms with van der Waals surface area (Å²) in [5, 5.41) is 9.27. The van der Waals surface area contributed by atoms with Gasteiger partial charge in [0.2, 0.25) is 5.88 Å². The lowest BCUT2D eigenvalue weighted by Gasteiger charge is -2.12. The van der Waals surface area contributed by atoms with Crippen molar-refractivity contribution in [1.29, 1.82) is 0 Å². The lowest BCUT2D eigenvalue weighted by molar-refractivity contribution is -0.128. The second-order valence-corrected chi connectivity index (χ2v) is 3.50. The van der Waals surface area contributed by atoms with Crippen molar-refractivity contribution < 1.29 is 14.6 Å². The fraction of sp³-hybridized carbons (Fsp3) is 0.375. The van der Waals surface area contributed by atoms with Gasteiger partial charge in [-0.2, -0.15) is 11.8 Å². The number of hydrogen-bond donors (Lipinski definition) is 1. The first-order valence-electron chi connectivity index (χ1n) is 3.86. The van der Waals surface area contributed by atoms with E-state index in [1.54, 1.807) is 0 Å². The summed E-state index contributed by atoms with van der Waals surface area (Å²) < 4.78 is 4.63. The van der Waals surface area contributed by atoms with Crippen molar-refractivity contribution in [3.05, 3.63) is 18.1 Å². The van der Waals surface area contributed by atoms with Crippen LogP contribution in [0.15, 0.2) is 12.5 Å². The van der Waals surface area contributed by atoms with Crippen LogP contribution in [0.25, 0.3) is 0 Å². The molecule has 0 fully saturated rings. The number of hydrogen-bond acceptors (Lipinski definition) is 6. The van der Waals surface area contributed by atoms with E-state index >= 15 is 0 Å². The van der Waals surface area contributed by atoms with E-state index < -0.39 is 0 Å². The third-order valence-corrected chi connectivity index (χ3v) is 2.62. The molecule has 5 nitrogen and oxygen atoms in total. The van der Waals surface area contributed by atoms with Gasteiger partial charge < -0.3 is 9.84 Å². The van der Waals surface area contributed by atoms with Crippen LogP contribution in [-0.2, 0) is 9.53 Å². The quantitative estimate of drug-likeness (QED) is 0.729. The first-order chi connectivity index (χ1) is 6.79. The summed E-state index contributed by atoms with van der Waals surface area (Å²) in [6, 6.07) is 0. The Hall–Kier alpha value is -1.30. The van der Waals surface area contributed by atoms with Crippen molar-refractivity contribution >= 4 is 18.2 Å². The lowest BCUT2D eigenvalue weighted by atomic mass is 10.2. The van der Waals surface area contributed by atoms with Crippen LogP contribution in [-0.4, -0.2) is 34.4 Å². The first-order valence-corrected chi connectivity index (χ1v) is 5.15. The molecule has 1 rings (SSSR count). The molecule has 0 aromatic carbocycles. The van der Waals surface area contributed by atoms with Crippen LogP contribution in [0.3, 0.4) is 0 Å². The Labute approximate surface area is 85.5 Å². The third kappa shape index (κ3) is 2.59. The topological polar surface area (TPSA) is 72.3 Å². The van der Waals surface area contributed by atoms with Crippen molar-refractivity contribution in [1.82, 2.24) is 9.97 Å². The predicted octanol–water partition coefficient (Wildman–Crippen LogP) is 0.759. The van der Waals surface area contributed by atoms with Crippen LogP contribution in [0.1, 0.15) is 10.8 Å². The van der Waals surface area contributed by atoms with Crippen LogP contribution in [0, 0.1) is 0 Å². The minimum Gasteiger partial charge on any atom is -0.493 e. The smallest absolute Gasteiger partial charge is 0.293 e. The fourth-order valence-corrected chi connectivity index (χ4v) is 1.61. The fourth-order valence-electron chi connectivity index (χ4n) is 0.973. The highest BCUT2D eigenvalue weighted by molar-refractivity contribution is 7.98. The van der Waals surface area contributed by atoms with Crippen LogP contribution >= 0.6 is 11.8 Å². The summed E-state index contributed by atoms with van der Waals surface area (Å²) in [7, 11) is 0. The average Bonchev–Trinajstić information content (AvgIpc) is 2.21. The molecule has 0 aliphatic rings. The molecule has 0 radical (unpaired) electrons. The van der Waals surface area contributed by atoms with Gasteiger partial charge in [-0.15, -0.1) is 0 Å². The number of ether oxygens (including phenoxy) is 1. The maximum Gasteiger partial charge on any atom is 0.293 e. The molecule has 0 amide bonds. The largest absolute Gasteiger partial charge is 0.493 e. The van der Waals surface area contributed by atoms with Gasteiger partial charge in [0.15, 0.2) is 0 Å².